The fraction of sp³-hybridized carbons (Fsp3) is 0.588. The Bertz CT molecular complexity index is 531. The van der Waals surface area contributed by atoms with Crippen molar-refractivity contribution in [3.63, 3.8) is 0 Å². The molecule has 0 bridgehead atoms. The molecule has 3 nitrogen and oxygen atoms in total. The minimum Gasteiger partial charge on any atom is -0.356 e. The molecule has 1 fully saturated rings. The molecule has 0 radical (unpaired) electrons. The van der Waals surface area contributed by atoms with E-state index in [0.29, 0.717) is 18.0 Å². The fourth-order valence-electron chi connectivity index (χ4n) is 2.87. The molecule has 2 N–H and O–H groups in total. The van der Waals surface area contributed by atoms with Crippen molar-refractivity contribution in [2.45, 2.75) is 38.3 Å². The first-order valence-corrected chi connectivity index (χ1v) is 8.01. The summed E-state index contributed by atoms with van der Waals surface area (Å²) in [5.41, 5.74) is -0.133. The third-order valence-corrected chi connectivity index (χ3v) is 4.31. The van der Waals surface area contributed by atoms with Crippen molar-refractivity contribution in [3.05, 3.63) is 35.4 Å². The van der Waals surface area contributed by atoms with E-state index in [1.54, 1.807) is 13.0 Å². The topological polar surface area (TPSA) is 41.1 Å². The number of rotatable bonds is 6. The molecule has 1 amide bonds. The minimum atomic E-state index is -4.35. The predicted octanol–water partition coefficient (Wildman–Crippen LogP) is 3.74. The Morgan fingerprint density at radius 3 is 2.79 bits per heavy atom. The average molecular weight is 365 g/mol. The zero-order chi connectivity index (χ0) is 16.9. The third-order valence-electron chi connectivity index (χ3n) is 4.31. The van der Waals surface area contributed by atoms with Gasteiger partial charge in [0.05, 0.1) is 5.56 Å². The van der Waals surface area contributed by atoms with Gasteiger partial charge in [-0.15, -0.1) is 12.4 Å². The lowest BCUT2D eigenvalue weighted by Gasteiger charge is -2.15. The average Bonchev–Trinajstić information content (AvgIpc) is 2.99. The van der Waals surface area contributed by atoms with Crippen molar-refractivity contribution in [1.82, 2.24) is 10.6 Å². The van der Waals surface area contributed by atoms with Crippen molar-refractivity contribution in [1.29, 1.82) is 0 Å². The van der Waals surface area contributed by atoms with Gasteiger partial charge in [-0.1, -0.05) is 25.1 Å². The Balaban J connectivity index is 0.00000288. The summed E-state index contributed by atoms with van der Waals surface area (Å²) in [5, 5.41) is 6.14. The number of alkyl halides is 3. The van der Waals surface area contributed by atoms with Gasteiger partial charge in [0.25, 0.3) is 0 Å². The van der Waals surface area contributed by atoms with Gasteiger partial charge in [0.15, 0.2) is 0 Å². The molecule has 2 unspecified atom stereocenters. The molecular weight excluding hydrogens is 341 g/mol. The maximum atomic E-state index is 12.7. The van der Waals surface area contributed by atoms with Crippen molar-refractivity contribution in [3.8, 4) is 0 Å². The third kappa shape index (κ3) is 6.32. The van der Waals surface area contributed by atoms with E-state index in [1.165, 1.54) is 6.07 Å². The lowest BCUT2D eigenvalue weighted by atomic mass is 9.95. The van der Waals surface area contributed by atoms with Crippen LogP contribution in [0.5, 0.6) is 0 Å². The van der Waals surface area contributed by atoms with Crippen molar-refractivity contribution >= 4 is 18.3 Å². The van der Waals surface area contributed by atoms with Gasteiger partial charge < -0.3 is 10.6 Å². The quantitative estimate of drug-likeness (QED) is 0.807. The van der Waals surface area contributed by atoms with Gasteiger partial charge in [0.2, 0.25) is 5.91 Å². The maximum absolute atomic E-state index is 12.7. The molecule has 0 aromatic heterocycles. The van der Waals surface area contributed by atoms with Crippen LogP contribution in [0.4, 0.5) is 13.2 Å². The van der Waals surface area contributed by atoms with Crippen LogP contribution in [0.1, 0.15) is 43.2 Å². The summed E-state index contributed by atoms with van der Waals surface area (Å²) in [5.74, 6) is 0.252. The summed E-state index contributed by atoms with van der Waals surface area (Å²) in [6.07, 6.45) is -2.08. The molecule has 24 heavy (non-hydrogen) atoms. The monoisotopic (exact) mass is 364 g/mol. The fourth-order valence-corrected chi connectivity index (χ4v) is 2.87. The van der Waals surface area contributed by atoms with Gasteiger partial charge in [-0.05, 0) is 49.4 Å². The van der Waals surface area contributed by atoms with Crippen LogP contribution in [0.25, 0.3) is 0 Å². The number of carbonyl (C=O) groups is 1. The van der Waals surface area contributed by atoms with Gasteiger partial charge in [0, 0.05) is 13.0 Å². The second-order valence-corrected chi connectivity index (χ2v) is 6.23. The van der Waals surface area contributed by atoms with Gasteiger partial charge in [-0.2, -0.15) is 13.2 Å². The molecule has 1 aromatic rings. The van der Waals surface area contributed by atoms with Crippen LogP contribution in [0.3, 0.4) is 0 Å². The zero-order valence-corrected chi connectivity index (χ0v) is 14.5. The number of hydrogen-bond acceptors (Lipinski definition) is 2. The highest BCUT2D eigenvalue weighted by atomic mass is 35.5. The molecule has 2 atom stereocenters. The Morgan fingerprint density at radius 2 is 2.17 bits per heavy atom. The second kappa shape index (κ2) is 9.28. The van der Waals surface area contributed by atoms with Gasteiger partial charge in [0.1, 0.15) is 0 Å². The summed E-state index contributed by atoms with van der Waals surface area (Å²) in [6, 6.07) is 5.20. The van der Waals surface area contributed by atoms with Crippen LogP contribution < -0.4 is 10.6 Å². The Kier molecular flexibility index (Phi) is 8.03. The smallest absolute Gasteiger partial charge is 0.356 e. The van der Waals surface area contributed by atoms with Crippen LogP contribution in [0.2, 0.25) is 0 Å². The number of halogens is 4. The van der Waals surface area contributed by atoms with Crippen molar-refractivity contribution in [2.75, 3.05) is 19.6 Å². The summed E-state index contributed by atoms with van der Waals surface area (Å²) in [4.78, 5) is 11.9. The molecule has 2 rings (SSSR count). The van der Waals surface area contributed by atoms with Crippen LogP contribution in [0.15, 0.2) is 24.3 Å². The van der Waals surface area contributed by atoms with E-state index in [0.717, 1.165) is 38.1 Å². The lowest BCUT2D eigenvalue weighted by molar-refractivity contribution is -0.137. The summed E-state index contributed by atoms with van der Waals surface area (Å²) in [7, 11) is 0. The Morgan fingerprint density at radius 1 is 1.42 bits per heavy atom. The molecule has 1 heterocycles. The Labute approximate surface area is 146 Å². The minimum absolute atomic E-state index is 0. The molecule has 1 aliphatic heterocycles. The first kappa shape index (κ1) is 20.8. The van der Waals surface area contributed by atoms with E-state index in [-0.39, 0.29) is 30.7 Å². The standard InChI is InChI=1S/C17H23F3N2O.ClH/c1-12(14-3-2-4-15(10-14)17(18,19)20)9-16(23)22-8-6-13-5-7-21-11-13;/h2-4,10,12-13,21H,5-9,11H2,1H3,(H,22,23);1H. The molecule has 1 saturated heterocycles. The van der Waals surface area contributed by atoms with Crippen molar-refractivity contribution in [2.24, 2.45) is 5.92 Å². The number of benzene rings is 1. The molecule has 7 heteroatoms. The number of nitrogens with one attached hydrogen (secondary N) is 2. The second-order valence-electron chi connectivity index (χ2n) is 6.23. The van der Waals surface area contributed by atoms with E-state index >= 15 is 0 Å². The molecule has 0 saturated carbocycles. The van der Waals surface area contributed by atoms with Crippen LogP contribution >= 0.6 is 12.4 Å². The molecule has 0 aliphatic carbocycles. The highest BCUT2D eigenvalue weighted by Gasteiger charge is 2.30. The SMILES string of the molecule is CC(CC(=O)NCCC1CCNC1)c1cccc(C(F)(F)F)c1.Cl. The van der Waals surface area contributed by atoms with Gasteiger partial charge in [-0.25, -0.2) is 0 Å². The van der Waals surface area contributed by atoms with E-state index in [4.69, 9.17) is 0 Å². The first-order chi connectivity index (χ1) is 10.9. The van der Waals surface area contributed by atoms with Crippen LogP contribution in [-0.4, -0.2) is 25.5 Å². The Hall–Kier alpha value is -1.27. The maximum Gasteiger partial charge on any atom is 0.416 e. The van der Waals surface area contributed by atoms with Crippen LogP contribution in [-0.2, 0) is 11.0 Å². The summed E-state index contributed by atoms with van der Waals surface area (Å²) < 4.78 is 38.2. The molecule has 1 aliphatic rings. The normalized spacial score (nSPS) is 18.8. The summed E-state index contributed by atoms with van der Waals surface area (Å²) in [6.45, 7) is 4.43. The van der Waals surface area contributed by atoms with Crippen molar-refractivity contribution < 1.29 is 18.0 Å². The zero-order valence-electron chi connectivity index (χ0n) is 13.7. The largest absolute Gasteiger partial charge is 0.416 e. The molecule has 1 aromatic carbocycles. The molecule has 0 spiro atoms. The number of amides is 1. The van der Waals surface area contributed by atoms with E-state index in [9.17, 15) is 18.0 Å². The highest BCUT2D eigenvalue weighted by molar-refractivity contribution is 5.85. The van der Waals surface area contributed by atoms with Gasteiger partial charge in [-0.3, -0.25) is 4.79 Å². The molecule has 136 valence electrons. The number of hydrogen-bond donors (Lipinski definition) is 2. The van der Waals surface area contributed by atoms with Crippen LogP contribution in [0, 0.1) is 5.92 Å². The predicted molar refractivity (Wildman–Crippen MR) is 90.3 cm³/mol. The van der Waals surface area contributed by atoms with E-state index in [1.807, 2.05) is 0 Å². The summed E-state index contributed by atoms with van der Waals surface area (Å²) >= 11 is 0. The first-order valence-electron chi connectivity index (χ1n) is 8.01. The lowest BCUT2D eigenvalue weighted by Crippen LogP contribution is -2.27. The van der Waals surface area contributed by atoms with E-state index in [2.05, 4.69) is 10.6 Å². The van der Waals surface area contributed by atoms with E-state index < -0.39 is 11.7 Å². The van der Waals surface area contributed by atoms with Gasteiger partial charge >= 0.3 is 6.18 Å². The molecular formula is C17H24ClF3N2O. The number of carbonyl (C=O) groups excluding carboxylic acids is 1. The highest BCUT2D eigenvalue weighted by Crippen LogP contribution is 2.31.